The van der Waals surface area contributed by atoms with Crippen molar-refractivity contribution < 1.29 is 0 Å². The third-order valence-corrected chi connectivity index (χ3v) is 2.65. The Morgan fingerprint density at radius 2 is 2.27 bits per heavy atom. The van der Waals surface area contributed by atoms with Crippen LogP contribution in [0.2, 0.25) is 0 Å². The van der Waals surface area contributed by atoms with E-state index in [-0.39, 0.29) is 0 Å². The molecule has 64 valence electrons. The summed E-state index contributed by atoms with van der Waals surface area (Å²) in [6.07, 6.45) is 8.86. The molecule has 0 spiro atoms. The second kappa shape index (κ2) is 4.53. The fourth-order valence-electron chi connectivity index (χ4n) is 1.85. The molecule has 1 unspecified atom stereocenters. The van der Waals surface area contributed by atoms with Crippen LogP contribution in [0.4, 0.5) is 0 Å². The molecule has 1 aliphatic carbocycles. The molecule has 0 radical (unpaired) electrons. The maximum Gasteiger partial charge on any atom is 0.0120 e. The third-order valence-electron chi connectivity index (χ3n) is 2.65. The van der Waals surface area contributed by atoms with Crippen molar-refractivity contribution in [3.63, 3.8) is 0 Å². The summed E-state index contributed by atoms with van der Waals surface area (Å²) in [5.41, 5.74) is 1.03. The standard InChI is InChI=1S/C10H19N/c1-2-3-6-9-7-4-5-8-10(9)11/h9,11H,2-8H2,1H3. The van der Waals surface area contributed by atoms with E-state index in [1.807, 2.05) is 0 Å². The molecule has 0 saturated heterocycles. The normalized spacial score (nSPS) is 25.5. The van der Waals surface area contributed by atoms with Gasteiger partial charge in [0.2, 0.25) is 0 Å². The van der Waals surface area contributed by atoms with Gasteiger partial charge in [0.1, 0.15) is 0 Å². The summed E-state index contributed by atoms with van der Waals surface area (Å²) in [5, 5.41) is 7.72. The average molecular weight is 153 g/mol. The topological polar surface area (TPSA) is 23.9 Å². The van der Waals surface area contributed by atoms with E-state index in [1.54, 1.807) is 0 Å². The van der Waals surface area contributed by atoms with Gasteiger partial charge in [0.25, 0.3) is 0 Å². The zero-order valence-electron chi connectivity index (χ0n) is 7.53. The zero-order valence-corrected chi connectivity index (χ0v) is 7.53. The molecule has 0 aromatic carbocycles. The number of hydrogen-bond acceptors (Lipinski definition) is 1. The quantitative estimate of drug-likeness (QED) is 0.642. The predicted molar refractivity (Wildman–Crippen MR) is 49.2 cm³/mol. The molecule has 0 aliphatic heterocycles. The molecule has 0 aromatic heterocycles. The Balaban J connectivity index is 2.24. The highest BCUT2D eigenvalue weighted by molar-refractivity contribution is 5.84. The molecule has 1 rings (SSSR count). The Labute approximate surface area is 69.7 Å². The van der Waals surface area contributed by atoms with Gasteiger partial charge in [-0.3, -0.25) is 0 Å². The second-order valence-electron chi connectivity index (χ2n) is 3.61. The van der Waals surface area contributed by atoms with E-state index < -0.39 is 0 Å². The van der Waals surface area contributed by atoms with Crippen LogP contribution in [0, 0.1) is 11.3 Å². The molecular formula is C10H19N. The minimum atomic E-state index is 0.656. The van der Waals surface area contributed by atoms with Crippen molar-refractivity contribution in [2.24, 2.45) is 5.92 Å². The first-order valence-electron chi connectivity index (χ1n) is 4.92. The maximum absolute atomic E-state index is 7.72. The van der Waals surface area contributed by atoms with E-state index in [1.165, 1.54) is 38.5 Å². The van der Waals surface area contributed by atoms with Gasteiger partial charge in [0, 0.05) is 5.71 Å². The van der Waals surface area contributed by atoms with Crippen molar-refractivity contribution >= 4 is 5.71 Å². The van der Waals surface area contributed by atoms with E-state index in [0.29, 0.717) is 5.92 Å². The lowest BCUT2D eigenvalue weighted by Gasteiger charge is -2.22. The van der Waals surface area contributed by atoms with Crippen molar-refractivity contribution in [2.45, 2.75) is 51.9 Å². The molecule has 0 bridgehead atoms. The SMILES string of the molecule is CCCCC1CCCCC1=N. The van der Waals surface area contributed by atoms with Crippen LogP contribution >= 0.6 is 0 Å². The van der Waals surface area contributed by atoms with Crippen molar-refractivity contribution in [3.8, 4) is 0 Å². The number of hydrogen-bond donors (Lipinski definition) is 1. The number of nitrogens with one attached hydrogen (secondary N) is 1. The summed E-state index contributed by atoms with van der Waals surface area (Å²) < 4.78 is 0. The fourth-order valence-corrected chi connectivity index (χ4v) is 1.85. The highest BCUT2D eigenvalue weighted by Crippen LogP contribution is 2.24. The third kappa shape index (κ3) is 2.64. The van der Waals surface area contributed by atoms with Crippen LogP contribution in [0.3, 0.4) is 0 Å². The first-order chi connectivity index (χ1) is 5.34. The summed E-state index contributed by atoms with van der Waals surface area (Å²) in [5.74, 6) is 0.656. The minimum absolute atomic E-state index is 0.656. The lowest BCUT2D eigenvalue weighted by Crippen LogP contribution is -2.17. The first kappa shape index (κ1) is 8.76. The smallest absolute Gasteiger partial charge is 0.0120 e. The van der Waals surface area contributed by atoms with E-state index in [9.17, 15) is 0 Å². The first-order valence-corrected chi connectivity index (χ1v) is 4.92. The maximum atomic E-state index is 7.72. The summed E-state index contributed by atoms with van der Waals surface area (Å²) in [6, 6.07) is 0. The number of rotatable bonds is 3. The Kier molecular flexibility index (Phi) is 3.61. The second-order valence-corrected chi connectivity index (χ2v) is 3.61. The molecule has 1 N–H and O–H groups in total. The van der Waals surface area contributed by atoms with Crippen LogP contribution in [-0.2, 0) is 0 Å². The van der Waals surface area contributed by atoms with Crippen LogP contribution in [0.1, 0.15) is 51.9 Å². The highest BCUT2D eigenvalue weighted by Gasteiger charge is 2.17. The van der Waals surface area contributed by atoms with E-state index in [2.05, 4.69) is 6.92 Å². The van der Waals surface area contributed by atoms with Crippen LogP contribution in [0.15, 0.2) is 0 Å². The fraction of sp³-hybridized carbons (Fsp3) is 0.900. The summed E-state index contributed by atoms with van der Waals surface area (Å²) in [6.45, 7) is 2.23. The van der Waals surface area contributed by atoms with E-state index in [4.69, 9.17) is 5.41 Å². The Morgan fingerprint density at radius 1 is 1.45 bits per heavy atom. The van der Waals surface area contributed by atoms with Gasteiger partial charge in [-0.1, -0.05) is 26.2 Å². The van der Waals surface area contributed by atoms with Crippen LogP contribution in [0.25, 0.3) is 0 Å². The van der Waals surface area contributed by atoms with Gasteiger partial charge in [0.05, 0.1) is 0 Å². The van der Waals surface area contributed by atoms with Crippen molar-refractivity contribution in [3.05, 3.63) is 0 Å². The Morgan fingerprint density at radius 3 is 2.91 bits per heavy atom. The van der Waals surface area contributed by atoms with E-state index in [0.717, 1.165) is 12.1 Å². The molecule has 1 heteroatoms. The van der Waals surface area contributed by atoms with Gasteiger partial charge < -0.3 is 5.41 Å². The van der Waals surface area contributed by atoms with Crippen LogP contribution in [0.5, 0.6) is 0 Å². The minimum Gasteiger partial charge on any atom is -0.309 e. The molecule has 1 atom stereocenters. The predicted octanol–water partition coefficient (Wildman–Crippen LogP) is 3.39. The molecule has 1 nitrogen and oxygen atoms in total. The van der Waals surface area contributed by atoms with Gasteiger partial charge in [0.15, 0.2) is 0 Å². The van der Waals surface area contributed by atoms with Gasteiger partial charge in [-0.25, -0.2) is 0 Å². The van der Waals surface area contributed by atoms with Crippen molar-refractivity contribution in [1.29, 1.82) is 5.41 Å². The molecule has 0 heterocycles. The van der Waals surface area contributed by atoms with Crippen LogP contribution < -0.4 is 0 Å². The Bertz CT molecular complexity index is 129. The molecule has 1 aliphatic rings. The van der Waals surface area contributed by atoms with Gasteiger partial charge in [-0.2, -0.15) is 0 Å². The Hall–Kier alpha value is -0.330. The lowest BCUT2D eigenvalue weighted by atomic mass is 9.84. The summed E-state index contributed by atoms with van der Waals surface area (Å²) in [4.78, 5) is 0. The zero-order chi connectivity index (χ0) is 8.10. The molecule has 11 heavy (non-hydrogen) atoms. The van der Waals surface area contributed by atoms with Crippen molar-refractivity contribution in [1.82, 2.24) is 0 Å². The van der Waals surface area contributed by atoms with Crippen molar-refractivity contribution in [2.75, 3.05) is 0 Å². The summed E-state index contributed by atoms with van der Waals surface area (Å²) >= 11 is 0. The number of unbranched alkanes of at least 4 members (excludes halogenated alkanes) is 1. The van der Waals surface area contributed by atoms with Gasteiger partial charge in [-0.05, 0) is 31.6 Å². The summed E-state index contributed by atoms with van der Waals surface area (Å²) in [7, 11) is 0. The average Bonchev–Trinajstić information content (AvgIpc) is 2.03. The molecule has 1 fully saturated rings. The molecule has 1 saturated carbocycles. The monoisotopic (exact) mass is 153 g/mol. The van der Waals surface area contributed by atoms with E-state index >= 15 is 0 Å². The molecule has 0 amide bonds. The molecule has 0 aromatic rings. The van der Waals surface area contributed by atoms with Crippen LogP contribution in [-0.4, -0.2) is 5.71 Å². The highest BCUT2D eigenvalue weighted by atomic mass is 14.5. The van der Waals surface area contributed by atoms with Gasteiger partial charge in [-0.15, -0.1) is 0 Å². The lowest BCUT2D eigenvalue weighted by molar-refractivity contribution is 0.478. The molecular weight excluding hydrogens is 134 g/mol. The van der Waals surface area contributed by atoms with Gasteiger partial charge >= 0.3 is 0 Å². The largest absolute Gasteiger partial charge is 0.309 e.